The largest absolute Gasteiger partial charge is 0.490 e. The number of carboxylic acid groups (broad SMARTS) is 1. The average molecular weight is 268 g/mol. The second kappa shape index (κ2) is 4.85. The number of benzene rings is 1. The van der Waals surface area contributed by atoms with Crippen molar-refractivity contribution in [3.63, 3.8) is 0 Å². The van der Waals surface area contributed by atoms with Gasteiger partial charge in [-0.05, 0) is 30.4 Å². The first kappa shape index (κ1) is 12.7. The number of rotatable bonds is 4. The SMILES string of the molecule is O=C(O)C=CCOc1ccc2c(c1)C=CS2(O)O. The summed E-state index contributed by atoms with van der Waals surface area (Å²) < 4.78 is 24.6. The van der Waals surface area contributed by atoms with Crippen molar-refractivity contribution in [3.05, 3.63) is 41.3 Å². The standard InChI is InChI=1S/C12H12O5S/c13-12(14)2-1-6-17-10-3-4-11-9(8-10)5-7-18(11,15)16/h1-5,7-8,15-16H,6H2,(H,13,14). The van der Waals surface area contributed by atoms with Gasteiger partial charge in [0.05, 0.1) is 4.90 Å². The molecule has 1 aromatic carbocycles. The molecule has 0 saturated carbocycles. The fourth-order valence-corrected chi connectivity index (χ4v) is 2.78. The highest BCUT2D eigenvalue weighted by Gasteiger charge is 2.21. The van der Waals surface area contributed by atoms with E-state index in [4.69, 9.17) is 9.84 Å². The van der Waals surface area contributed by atoms with Crippen LogP contribution in [-0.4, -0.2) is 26.8 Å². The van der Waals surface area contributed by atoms with Crippen LogP contribution in [0.3, 0.4) is 0 Å². The maximum atomic E-state index is 10.2. The van der Waals surface area contributed by atoms with Crippen LogP contribution >= 0.6 is 10.6 Å². The van der Waals surface area contributed by atoms with Crippen molar-refractivity contribution in [3.8, 4) is 5.75 Å². The fourth-order valence-electron chi connectivity index (χ4n) is 1.55. The van der Waals surface area contributed by atoms with Crippen LogP contribution in [0.25, 0.3) is 6.08 Å². The number of fused-ring (bicyclic) bond motifs is 1. The van der Waals surface area contributed by atoms with Crippen LogP contribution < -0.4 is 4.74 Å². The molecule has 0 aromatic heterocycles. The lowest BCUT2D eigenvalue weighted by Gasteiger charge is -2.25. The number of carboxylic acids is 1. The summed E-state index contributed by atoms with van der Waals surface area (Å²) in [5, 5.41) is 9.76. The van der Waals surface area contributed by atoms with Gasteiger partial charge in [-0.15, -0.1) is 10.6 Å². The summed E-state index contributed by atoms with van der Waals surface area (Å²) in [7, 11) is -2.79. The maximum absolute atomic E-state index is 10.2. The van der Waals surface area contributed by atoms with E-state index in [1.54, 1.807) is 24.3 Å². The highest BCUT2D eigenvalue weighted by Crippen LogP contribution is 2.56. The van der Waals surface area contributed by atoms with Crippen LogP contribution in [0, 0.1) is 0 Å². The lowest BCUT2D eigenvalue weighted by Crippen LogP contribution is -1.97. The van der Waals surface area contributed by atoms with E-state index in [0.29, 0.717) is 16.2 Å². The Bertz CT molecular complexity index is 533. The van der Waals surface area contributed by atoms with Gasteiger partial charge in [-0.1, -0.05) is 0 Å². The molecule has 0 fully saturated rings. The fraction of sp³-hybridized carbons (Fsp3) is 0.0833. The van der Waals surface area contributed by atoms with Gasteiger partial charge >= 0.3 is 5.97 Å². The van der Waals surface area contributed by atoms with Crippen molar-refractivity contribution in [2.45, 2.75) is 4.90 Å². The molecule has 0 atom stereocenters. The van der Waals surface area contributed by atoms with Gasteiger partial charge < -0.3 is 9.84 Å². The van der Waals surface area contributed by atoms with E-state index >= 15 is 0 Å². The van der Waals surface area contributed by atoms with E-state index in [-0.39, 0.29) is 6.61 Å². The first-order valence-corrected chi connectivity index (χ1v) is 6.73. The Morgan fingerprint density at radius 3 is 2.89 bits per heavy atom. The minimum absolute atomic E-state index is 0.144. The van der Waals surface area contributed by atoms with Crippen LogP contribution in [0.5, 0.6) is 5.75 Å². The molecule has 0 bridgehead atoms. The Balaban J connectivity index is 2.05. The van der Waals surface area contributed by atoms with Crippen molar-refractivity contribution in [1.82, 2.24) is 0 Å². The lowest BCUT2D eigenvalue weighted by molar-refractivity contribution is -0.131. The van der Waals surface area contributed by atoms with Crippen LogP contribution in [0.4, 0.5) is 0 Å². The van der Waals surface area contributed by atoms with Gasteiger partial charge in [-0.25, -0.2) is 4.79 Å². The molecule has 2 rings (SSSR count). The van der Waals surface area contributed by atoms with E-state index in [1.165, 1.54) is 11.5 Å². The number of ether oxygens (including phenoxy) is 1. The first-order chi connectivity index (χ1) is 8.49. The summed E-state index contributed by atoms with van der Waals surface area (Å²) in [5.74, 6) is -0.477. The molecule has 3 N–H and O–H groups in total. The van der Waals surface area contributed by atoms with Gasteiger partial charge in [0.2, 0.25) is 0 Å². The highest BCUT2D eigenvalue weighted by atomic mass is 32.3. The zero-order valence-electron chi connectivity index (χ0n) is 9.31. The summed E-state index contributed by atoms with van der Waals surface area (Å²) in [6.45, 7) is 0.144. The summed E-state index contributed by atoms with van der Waals surface area (Å²) in [6.07, 6.45) is 4.02. The molecule has 0 amide bonds. The summed E-state index contributed by atoms with van der Waals surface area (Å²) in [5.41, 5.74) is 0.703. The number of hydrogen-bond donors (Lipinski definition) is 3. The monoisotopic (exact) mass is 268 g/mol. The summed E-state index contributed by atoms with van der Waals surface area (Å²) >= 11 is 0. The second-order valence-electron chi connectivity index (χ2n) is 3.65. The smallest absolute Gasteiger partial charge is 0.328 e. The van der Waals surface area contributed by atoms with Crippen molar-refractivity contribution in [2.75, 3.05) is 6.61 Å². The van der Waals surface area contributed by atoms with Crippen molar-refractivity contribution in [2.24, 2.45) is 0 Å². The van der Waals surface area contributed by atoms with Crippen molar-refractivity contribution >= 4 is 22.6 Å². The molecule has 1 aliphatic heterocycles. The van der Waals surface area contributed by atoms with Gasteiger partial charge in [0.25, 0.3) is 0 Å². The van der Waals surface area contributed by atoms with Gasteiger partial charge in [-0.3, -0.25) is 9.11 Å². The van der Waals surface area contributed by atoms with Crippen molar-refractivity contribution in [1.29, 1.82) is 0 Å². The van der Waals surface area contributed by atoms with Gasteiger partial charge in [0.1, 0.15) is 12.4 Å². The molecule has 0 aliphatic carbocycles. The Labute approximate surface area is 105 Å². The normalized spacial score (nSPS) is 17.7. The molecular formula is C12H12O5S. The van der Waals surface area contributed by atoms with Crippen molar-refractivity contribution < 1.29 is 23.7 Å². The maximum Gasteiger partial charge on any atom is 0.328 e. The molecule has 1 aliphatic rings. The minimum Gasteiger partial charge on any atom is -0.490 e. The molecule has 5 nitrogen and oxygen atoms in total. The van der Waals surface area contributed by atoms with E-state index in [1.807, 2.05) is 0 Å². The third-order valence-electron chi connectivity index (χ3n) is 2.35. The van der Waals surface area contributed by atoms with E-state index in [0.717, 1.165) is 6.08 Å². The highest BCUT2D eigenvalue weighted by molar-refractivity contribution is 8.27. The molecule has 1 aromatic rings. The minimum atomic E-state index is -2.79. The second-order valence-corrected chi connectivity index (χ2v) is 5.54. The Kier molecular flexibility index (Phi) is 3.42. The quantitative estimate of drug-likeness (QED) is 0.731. The Morgan fingerprint density at radius 2 is 2.17 bits per heavy atom. The predicted octanol–water partition coefficient (Wildman–Crippen LogP) is 2.80. The molecule has 0 unspecified atom stereocenters. The number of aliphatic carboxylic acids is 1. The molecule has 0 saturated heterocycles. The first-order valence-electron chi connectivity index (χ1n) is 5.12. The predicted molar refractivity (Wildman–Crippen MR) is 68.9 cm³/mol. The van der Waals surface area contributed by atoms with Crippen LogP contribution in [0.15, 0.2) is 40.7 Å². The molecule has 1 heterocycles. The Hall–Kier alpha value is -1.76. The summed E-state index contributed by atoms with van der Waals surface area (Å²) in [6, 6.07) is 4.90. The molecule has 96 valence electrons. The molecule has 18 heavy (non-hydrogen) atoms. The summed E-state index contributed by atoms with van der Waals surface area (Å²) in [4.78, 5) is 10.7. The van der Waals surface area contributed by atoms with E-state index in [2.05, 4.69) is 0 Å². The van der Waals surface area contributed by atoms with Crippen LogP contribution in [0.2, 0.25) is 0 Å². The zero-order valence-corrected chi connectivity index (χ0v) is 10.1. The lowest BCUT2D eigenvalue weighted by atomic mass is 10.2. The molecule has 0 radical (unpaired) electrons. The number of carbonyl (C=O) groups is 1. The molecular weight excluding hydrogens is 256 g/mol. The zero-order chi connectivity index (χ0) is 13.2. The van der Waals surface area contributed by atoms with Crippen LogP contribution in [0.1, 0.15) is 5.56 Å². The third kappa shape index (κ3) is 2.73. The molecule has 6 heteroatoms. The topological polar surface area (TPSA) is 87.0 Å². The van der Waals surface area contributed by atoms with E-state index < -0.39 is 16.6 Å². The van der Waals surface area contributed by atoms with Gasteiger partial charge in [-0.2, -0.15) is 0 Å². The average Bonchev–Trinajstić information content (AvgIpc) is 2.61. The van der Waals surface area contributed by atoms with Gasteiger partial charge in [0, 0.05) is 17.0 Å². The Morgan fingerprint density at radius 1 is 1.39 bits per heavy atom. The van der Waals surface area contributed by atoms with Gasteiger partial charge in [0.15, 0.2) is 0 Å². The van der Waals surface area contributed by atoms with Crippen LogP contribution in [-0.2, 0) is 4.79 Å². The van der Waals surface area contributed by atoms with E-state index in [9.17, 15) is 13.9 Å². The number of hydrogen-bond acceptors (Lipinski definition) is 4. The third-order valence-corrected chi connectivity index (χ3v) is 3.88. The molecule has 0 spiro atoms.